The first kappa shape index (κ1) is 25.1. The number of aryl methyl sites for hydroxylation is 1. The van der Waals surface area contributed by atoms with Crippen molar-refractivity contribution in [3.63, 3.8) is 0 Å². The number of hydrogen-bond donors (Lipinski definition) is 1. The first-order valence-electron chi connectivity index (χ1n) is 10.8. The SMILES string of the molecule is CCCc1cc(-c2nnc(SCC(=O)Nc3scc(-c4ccc(F)cc4)c3C(=O)OC)n2C)cs1. The Hall–Kier alpha value is -3.02. The first-order chi connectivity index (χ1) is 16.9. The second-order valence-electron chi connectivity index (χ2n) is 7.61. The summed E-state index contributed by atoms with van der Waals surface area (Å²) in [5.74, 6) is -0.410. The minimum absolute atomic E-state index is 0.0844. The highest BCUT2D eigenvalue weighted by molar-refractivity contribution is 7.99. The van der Waals surface area contributed by atoms with E-state index in [4.69, 9.17) is 4.74 Å². The van der Waals surface area contributed by atoms with Gasteiger partial charge in [-0.2, -0.15) is 0 Å². The number of benzene rings is 1. The molecule has 11 heteroatoms. The maximum Gasteiger partial charge on any atom is 0.341 e. The largest absolute Gasteiger partial charge is 0.465 e. The lowest BCUT2D eigenvalue weighted by atomic mass is 10.0. The zero-order valence-corrected chi connectivity index (χ0v) is 21.8. The van der Waals surface area contributed by atoms with Crippen LogP contribution in [-0.4, -0.2) is 39.5 Å². The van der Waals surface area contributed by atoms with Crippen molar-refractivity contribution >= 4 is 51.3 Å². The minimum Gasteiger partial charge on any atom is -0.465 e. The van der Waals surface area contributed by atoms with Crippen LogP contribution in [0.25, 0.3) is 22.5 Å². The predicted octanol–water partition coefficient (Wildman–Crippen LogP) is 5.88. The number of methoxy groups -OCH3 is 1. The number of aromatic nitrogens is 3. The summed E-state index contributed by atoms with van der Waals surface area (Å²) < 4.78 is 20.1. The van der Waals surface area contributed by atoms with Crippen LogP contribution in [0.1, 0.15) is 28.6 Å². The molecular weight excluding hydrogens is 507 g/mol. The second kappa shape index (κ2) is 11.1. The van der Waals surface area contributed by atoms with Crippen molar-refractivity contribution in [1.82, 2.24) is 14.8 Å². The fourth-order valence-electron chi connectivity index (χ4n) is 3.46. The van der Waals surface area contributed by atoms with E-state index in [-0.39, 0.29) is 23.0 Å². The highest BCUT2D eigenvalue weighted by Gasteiger charge is 2.23. The van der Waals surface area contributed by atoms with Crippen molar-refractivity contribution < 1.29 is 18.7 Å². The molecule has 0 aliphatic carbocycles. The van der Waals surface area contributed by atoms with Gasteiger partial charge in [0.2, 0.25) is 5.91 Å². The number of ether oxygens (including phenoxy) is 1. The normalized spacial score (nSPS) is 11.0. The summed E-state index contributed by atoms with van der Waals surface area (Å²) in [5.41, 5.74) is 2.48. The summed E-state index contributed by atoms with van der Waals surface area (Å²) in [6, 6.07) is 7.92. The number of thiophene rings is 2. The quantitative estimate of drug-likeness (QED) is 0.215. The van der Waals surface area contributed by atoms with Crippen LogP contribution < -0.4 is 5.32 Å². The minimum atomic E-state index is -0.579. The number of rotatable bonds is 9. The lowest BCUT2D eigenvalue weighted by Crippen LogP contribution is -2.16. The molecule has 0 radical (unpaired) electrons. The Bertz CT molecular complexity index is 1340. The van der Waals surface area contributed by atoms with Crippen molar-refractivity contribution in [3.05, 3.63) is 57.3 Å². The van der Waals surface area contributed by atoms with Gasteiger partial charge in [0.25, 0.3) is 0 Å². The fraction of sp³-hybridized carbons (Fsp3) is 0.250. The Kier molecular flexibility index (Phi) is 7.99. The van der Waals surface area contributed by atoms with E-state index in [0.29, 0.717) is 21.3 Å². The van der Waals surface area contributed by atoms with Crippen molar-refractivity contribution in [2.45, 2.75) is 24.9 Å². The van der Waals surface area contributed by atoms with Crippen molar-refractivity contribution in [2.24, 2.45) is 7.05 Å². The molecule has 0 bridgehead atoms. The third-order valence-electron chi connectivity index (χ3n) is 5.16. The van der Waals surface area contributed by atoms with Gasteiger partial charge in [0, 0.05) is 33.8 Å². The van der Waals surface area contributed by atoms with Crippen LogP contribution in [0.15, 0.2) is 46.2 Å². The topological polar surface area (TPSA) is 86.1 Å². The molecule has 0 aliphatic rings. The standard InChI is InChI=1S/C24H23FN4O3S3/c1-4-5-17-10-15(11-33-17)21-27-28-24(29(21)2)35-13-19(30)26-22-20(23(31)32-3)18(12-34-22)14-6-8-16(25)9-7-14/h6-12H,4-5,13H2,1-3H3,(H,26,30). The molecule has 3 aromatic heterocycles. The van der Waals surface area contributed by atoms with Gasteiger partial charge in [-0.25, -0.2) is 9.18 Å². The van der Waals surface area contributed by atoms with Crippen LogP contribution in [0.4, 0.5) is 9.39 Å². The molecule has 0 spiro atoms. The number of nitrogens with zero attached hydrogens (tertiary/aromatic N) is 3. The van der Waals surface area contributed by atoms with Crippen LogP contribution in [0.3, 0.4) is 0 Å². The Morgan fingerprint density at radius 2 is 1.91 bits per heavy atom. The van der Waals surface area contributed by atoms with Gasteiger partial charge in [-0.15, -0.1) is 32.9 Å². The third kappa shape index (κ3) is 5.63. The summed E-state index contributed by atoms with van der Waals surface area (Å²) in [6.07, 6.45) is 2.12. The molecule has 0 unspecified atom stereocenters. The number of anilines is 1. The predicted molar refractivity (Wildman–Crippen MR) is 139 cm³/mol. The summed E-state index contributed by atoms with van der Waals surface area (Å²) in [7, 11) is 3.15. The van der Waals surface area contributed by atoms with E-state index >= 15 is 0 Å². The number of halogens is 1. The molecule has 0 atom stereocenters. The van der Waals surface area contributed by atoms with Gasteiger partial charge in [0.05, 0.1) is 12.9 Å². The number of esters is 1. The molecule has 0 saturated carbocycles. The van der Waals surface area contributed by atoms with E-state index < -0.39 is 5.97 Å². The van der Waals surface area contributed by atoms with Gasteiger partial charge in [-0.3, -0.25) is 4.79 Å². The molecule has 0 fully saturated rings. The fourth-order valence-corrected chi connectivity index (χ4v) is 6.11. The molecule has 1 amide bonds. The summed E-state index contributed by atoms with van der Waals surface area (Å²) in [5, 5.41) is 16.1. The molecule has 1 N–H and O–H groups in total. The smallest absolute Gasteiger partial charge is 0.341 e. The van der Waals surface area contributed by atoms with Crippen LogP contribution in [0.5, 0.6) is 0 Å². The molecule has 0 saturated heterocycles. The van der Waals surface area contributed by atoms with Gasteiger partial charge in [0.15, 0.2) is 11.0 Å². The van der Waals surface area contributed by atoms with E-state index in [2.05, 4.69) is 33.9 Å². The Morgan fingerprint density at radius 1 is 1.14 bits per heavy atom. The maximum atomic E-state index is 13.3. The number of hydrogen-bond acceptors (Lipinski definition) is 8. The average Bonchev–Trinajstić information content (AvgIpc) is 3.57. The van der Waals surface area contributed by atoms with E-state index in [1.807, 2.05) is 11.6 Å². The first-order valence-corrected chi connectivity index (χ1v) is 13.5. The Morgan fingerprint density at radius 3 is 2.63 bits per heavy atom. The van der Waals surface area contributed by atoms with Gasteiger partial charge >= 0.3 is 5.97 Å². The molecule has 4 aromatic rings. The summed E-state index contributed by atoms with van der Waals surface area (Å²) >= 11 is 4.18. The van der Waals surface area contributed by atoms with Crippen molar-refractivity contribution in [3.8, 4) is 22.5 Å². The van der Waals surface area contributed by atoms with Gasteiger partial charge < -0.3 is 14.6 Å². The average molecular weight is 531 g/mol. The zero-order valence-electron chi connectivity index (χ0n) is 19.3. The van der Waals surface area contributed by atoms with Gasteiger partial charge in [-0.1, -0.05) is 37.2 Å². The van der Waals surface area contributed by atoms with Crippen LogP contribution in [0, 0.1) is 5.82 Å². The van der Waals surface area contributed by atoms with E-state index in [0.717, 1.165) is 24.2 Å². The number of carbonyl (C=O) groups excluding carboxylic acids is 2. The molecule has 0 aliphatic heterocycles. The van der Waals surface area contributed by atoms with E-state index in [1.165, 1.54) is 47.2 Å². The summed E-state index contributed by atoms with van der Waals surface area (Å²) in [4.78, 5) is 26.5. The van der Waals surface area contributed by atoms with Crippen molar-refractivity contribution in [2.75, 3.05) is 18.2 Å². The zero-order chi connectivity index (χ0) is 24.9. The molecule has 35 heavy (non-hydrogen) atoms. The Balaban J connectivity index is 1.46. The monoisotopic (exact) mass is 530 g/mol. The number of nitrogens with one attached hydrogen (secondary N) is 1. The highest BCUT2D eigenvalue weighted by atomic mass is 32.2. The van der Waals surface area contributed by atoms with Gasteiger partial charge in [0.1, 0.15) is 16.4 Å². The van der Waals surface area contributed by atoms with E-state index in [1.54, 1.807) is 28.8 Å². The number of thioether (sulfide) groups is 1. The van der Waals surface area contributed by atoms with Crippen LogP contribution >= 0.6 is 34.4 Å². The maximum absolute atomic E-state index is 13.3. The lowest BCUT2D eigenvalue weighted by Gasteiger charge is -2.08. The van der Waals surface area contributed by atoms with Crippen LogP contribution in [-0.2, 0) is 23.0 Å². The van der Waals surface area contributed by atoms with E-state index in [9.17, 15) is 14.0 Å². The molecular formula is C24H23FN4O3S3. The van der Waals surface area contributed by atoms with Crippen LogP contribution in [0.2, 0.25) is 0 Å². The molecule has 1 aromatic carbocycles. The molecule has 3 heterocycles. The van der Waals surface area contributed by atoms with Crippen molar-refractivity contribution in [1.29, 1.82) is 0 Å². The molecule has 182 valence electrons. The van der Waals surface area contributed by atoms with Gasteiger partial charge in [-0.05, 0) is 30.2 Å². The number of carbonyl (C=O) groups is 2. The highest BCUT2D eigenvalue weighted by Crippen LogP contribution is 2.36. The lowest BCUT2D eigenvalue weighted by molar-refractivity contribution is -0.113. The summed E-state index contributed by atoms with van der Waals surface area (Å²) in [6.45, 7) is 2.15. The Labute approximate surface area is 214 Å². The third-order valence-corrected chi connectivity index (χ3v) is 8.08. The molecule has 4 rings (SSSR count). The molecule has 7 nitrogen and oxygen atoms in total. The second-order valence-corrected chi connectivity index (χ2v) is 10.4. The number of amides is 1.